The average Bonchev–Trinajstić information content (AvgIpc) is 2.96. The average molecular weight is 340 g/mol. The van der Waals surface area contributed by atoms with Gasteiger partial charge in [0.05, 0.1) is 17.8 Å². The van der Waals surface area contributed by atoms with Crippen molar-refractivity contribution < 1.29 is 14.7 Å². The third-order valence-electron chi connectivity index (χ3n) is 5.31. The smallest absolute Gasteiger partial charge is 0.309 e. The highest BCUT2D eigenvalue weighted by Crippen LogP contribution is 2.44. The van der Waals surface area contributed by atoms with Crippen LogP contribution in [0.25, 0.3) is 0 Å². The molecule has 1 rings (SSSR count). The molecular weight excluding hydrogens is 308 g/mol. The van der Waals surface area contributed by atoms with E-state index in [4.69, 9.17) is 5.84 Å². The van der Waals surface area contributed by atoms with Crippen molar-refractivity contribution in [2.24, 2.45) is 22.2 Å². The Bertz CT molecular complexity index is 455. The van der Waals surface area contributed by atoms with E-state index in [1.54, 1.807) is 0 Å². The second-order valence-electron chi connectivity index (χ2n) is 6.85. The summed E-state index contributed by atoms with van der Waals surface area (Å²) in [5.74, 6) is 4.72. The highest BCUT2D eigenvalue weighted by Gasteiger charge is 2.45. The van der Waals surface area contributed by atoms with Crippen molar-refractivity contribution in [3.63, 3.8) is 0 Å². The molecule has 0 bridgehead atoms. The van der Waals surface area contributed by atoms with Gasteiger partial charge in [0.2, 0.25) is 5.91 Å². The predicted molar refractivity (Wildman–Crippen MR) is 94.4 cm³/mol. The molecule has 0 aliphatic heterocycles. The van der Waals surface area contributed by atoms with Crippen molar-refractivity contribution in [2.75, 3.05) is 0 Å². The van der Waals surface area contributed by atoms with Crippen LogP contribution in [0.4, 0.5) is 0 Å². The SMILES string of the molecule is CCC(CCC1(C(=O)O)CCC(N=CNN)C1)C(CC)NC(C)=O. The van der Waals surface area contributed by atoms with Gasteiger partial charge in [-0.15, -0.1) is 0 Å². The number of nitrogens with two attached hydrogens (primary N) is 1. The molecule has 24 heavy (non-hydrogen) atoms. The molecule has 0 radical (unpaired) electrons. The quantitative estimate of drug-likeness (QED) is 0.209. The molecule has 0 aromatic heterocycles. The number of carbonyl (C=O) groups excluding carboxylic acids is 1. The maximum Gasteiger partial charge on any atom is 0.309 e. The zero-order valence-corrected chi connectivity index (χ0v) is 15.0. The minimum absolute atomic E-state index is 0.00884. The fourth-order valence-corrected chi connectivity index (χ4v) is 3.87. The first kappa shape index (κ1) is 20.4. The van der Waals surface area contributed by atoms with Crippen LogP contribution < -0.4 is 16.6 Å². The van der Waals surface area contributed by atoms with Crippen molar-refractivity contribution in [3.05, 3.63) is 0 Å². The molecule has 1 amide bonds. The molecule has 4 unspecified atom stereocenters. The lowest BCUT2D eigenvalue weighted by atomic mass is 9.77. The summed E-state index contributed by atoms with van der Waals surface area (Å²) in [6, 6.07) is 0.115. The minimum Gasteiger partial charge on any atom is -0.481 e. The Kier molecular flexibility index (Phi) is 8.18. The molecular formula is C17H32N4O3. The molecule has 1 fully saturated rings. The van der Waals surface area contributed by atoms with Gasteiger partial charge >= 0.3 is 5.97 Å². The van der Waals surface area contributed by atoms with Crippen LogP contribution in [0.1, 0.15) is 65.7 Å². The number of carbonyl (C=O) groups is 2. The van der Waals surface area contributed by atoms with Crippen LogP contribution >= 0.6 is 0 Å². The van der Waals surface area contributed by atoms with Crippen molar-refractivity contribution in [2.45, 2.75) is 77.8 Å². The first-order valence-corrected chi connectivity index (χ1v) is 8.86. The highest BCUT2D eigenvalue weighted by atomic mass is 16.4. The van der Waals surface area contributed by atoms with Crippen LogP contribution in [0.15, 0.2) is 4.99 Å². The third-order valence-corrected chi connectivity index (χ3v) is 5.31. The monoisotopic (exact) mass is 340 g/mol. The Balaban J connectivity index is 2.73. The van der Waals surface area contributed by atoms with Crippen LogP contribution in [-0.4, -0.2) is 35.4 Å². The zero-order valence-electron chi connectivity index (χ0n) is 15.0. The Morgan fingerprint density at radius 1 is 1.42 bits per heavy atom. The summed E-state index contributed by atoms with van der Waals surface area (Å²) in [5.41, 5.74) is 1.66. The van der Waals surface area contributed by atoms with Crippen molar-refractivity contribution >= 4 is 18.2 Å². The molecule has 1 aliphatic rings. The number of hydrogen-bond acceptors (Lipinski definition) is 4. The summed E-state index contributed by atoms with van der Waals surface area (Å²) < 4.78 is 0. The predicted octanol–water partition coefficient (Wildman–Crippen LogP) is 1.82. The maximum absolute atomic E-state index is 11.9. The molecule has 138 valence electrons. The summed E-state index contributed by atoms with van der Waals surface area (Å²) in [6.07, 6.45) is 6.59. The molecule has 7 nitrogen and oxygen atoms in total. The van der Waals surface area contributed by atoms with Gasteiger partial charge in [-0.3, -0.25) is 14.6 Å². The lowest BCUT2D eigenvalue weighted by Gasteiger charge is -2.30. The molecule has 0 heterocycles. The molecule has 0 aromatic carbocycles. The number of rotatable bonds is 10. The standard InChI is InChI=1S/C17H32N4O3/c1-4-13(15(5-2)21-12(3)22)6-8-17(16(23)24)9-7-14(10-17)19-11-20-18/h11,13-15H,4-10,18H2,1-3H3,(H,19,20)(H,21,22)(H,23,24). The molecule has 4 atom stereocenters. The number of nitrogens with zero attached hydrogens (tertiary/aromatic N) is 1. The number of aliphatic carboxylic acids is 1. The Labute approximate surface area is 144 Å². The largest absolute Gasteiger partial charge is 0.481 e. The third kappa shape index (κ3) is 5.47. The van der Waals surface area contributed by atoms with Gasteiger partial charge in [0, 0.05) is 13.0 Å². The molecule has 7 heteroatoms. The van der Waals surface area contributed by atoms with E-state index in [1.165, 1.54) is 13.3 Å². The first-order chi connectivity index (χ1) is 11.4. The van der Waals surface area contributed by atoms with Gasteiger partial charge in [0.1, 0.15) is 0 Å². The molecule has 0 aromatic rings. The van der Waals surface area contributed by atoms with E-state index in [2.05, 4.69) is 29.6 Å². The lowest BCUT2D eigenvalue weighted by molar-refractivity contribution is -0.149. The van der Waals surface area contributed by atoms with E-state index in [1.807, 2.05) is 0 Å². The number of aliphatic imine (C=N–C) groups is 1. The number of carboxylic acids is 1. The van der Waals surface area contributed by atoms with Gasteiger partial charge in [-0.25, -0.2) is 5.84 Å². The highest BCUT2D eigenvalue weighted by molar-refractivity contribution is 5.75. The normalized spacial score (nSPS) is 26.2. The summed E-state index contributed by atoms with van der Waals surface area (Å²) in [4.78, 5) is 27.5. The van der Waals surface area contributed by atoms with Crippen LogP contribution in [-0.2, 0) is 9.59 Å². The van der Waals surface area contributed by atoms with Crippen molar-refractivity contribution in [1.82, 2.24) is 10.7 Å². The fourth-order valence-electron chi connectivity index (χ4n) is 3.87. The van der Waals surface area contributed by atoms with E-state index >= 15 is 0 Å². The van der Waals surface area contributed by atoms with E-state index in [-0.39, 0.29) is 18.0 Å². The Morgan fingerprint density at radius 2 is 2.12 bits per heavy atom. The molecule has 0 spiro atoms. The van der Waals surface area contributed by atoms with Gasteiger partial charge in [0.15, 0.2) is 0 Å². The van der Waals surface area contributed by atoms with E-state index in [9.17, 15) is 14.7 Å². The van der Waals surface area contributed by atoms with E-state index in [0.717, 1.165) is 25.7 Å². The maximum atomic E-state index is 11.9. The van der Waals surface area contributed by atoms with Crippen LogP contribution in [0, 0.1) is 11.3 Å². The number of amides is 1. The van der Waals surface area contributed by atoms with Gasteiger partial charge < -0.3 is 15.8 Å². The van der Waals surface area contributed by atoms with Crippen molar-refractivity contribution in [1.29, 1.82) is 0 Å². The summed E-state index contributed by atoms with van der Waals surface area (Å²) >= 11 is 0. The van der Waals surface area contributed by atoms with Crippen molar-refractivity contribution in [3.8, 4) is 0 Å². The number of hydrazine groups is 1. The van der Waals surface area contributed by atoms with Crippen LogP contribution in [0.2, 0.25) is 0 Å². The Hall–Kier alpha value is -1.63. The number of hydrogen-bond donors (Lipinski definition) is 4. The fraction of sp³-hybridized carbons (Fsp3) is 0.824. The molecule has 0 saturated heterocycles. The van der Waals surface area contributed by atoms with Gasteiger partial charge in [-0.2, -0.15) is 0 Å². The summed E-state index contributed by atoms with van der Waals surface area (Å²) in [7, 11) is 0. The summed E-state index contributed by atoms with van der Waals surface area (Å²) in [6.45, 7) is 5.67. The van der Waals surface area contributed by atoms with Gasteiger partial charge in [-0.1, -0.05) is 20.3 Å². The topological polar surface area (TPSA) is 117 Å². The van der Waals surface area contributed by atoms with E-state index in [0.29, 0.717) is 25.2 Å². The molecule has 1 aliphatic carbocycles. The molecule has 5 N–H and O–H groups in total. The number of nitrogens with one attached hydrogen (secondary N) is 2. The number of carboxylic acid groups (broad SMARTS) is 1. The van der Waals surface area contributed by atoms with Crippen LogP contribution in [0.3, 0.4) is 0 Å². The van der Waals surface area contributed by atoms with Gasteiger partial charge in [-0.05, 0) is 44.4 Å². The van der Waals surface area contributed by atoms with E-state index < -0.39 is 11.4 Å². The van der Waals surface area contributed by atoms with Crippen LogP contribution in [0.5, 0.6) is 0 Å². The first-order valence-electron chi connectivity index (χ1n) is 8.86. The molecule has 1 saturated carbocycles. The zero-order chi connectivity index (χ0) is 18.2. The Morgan fingerprint density at radius 3 is 2.62 bits per heavy atom. The second-order valence-corrected chi connectivity index (χ2v) is 6.85. The van der Waals surface area contributed by atoms with Gasteiger partial charge in [0.25, 0.3) is 0 Å². The second kappa shape index (κ2) is 9.61. The minimum atomic E-state index is -0.733. The summed E-state index contributed by atoms with van der Waals surface area (Å²) in [5, 5.41) is 12.8. The lowest BCUT2D eigenvalue weighted by Crippen LogP contribution is -2.39.